The van der Waals surface area contributed by atoms with Gasteiger partial charge in [-0.25, -0.2) is 0 Å². The topological polar surface area (TPSA) is 41.1 Å². The highest BCUT2D eigenvalue weighted by Gasteiger charge is 2.25. The molecule has 0 aliphatic carbocycles. The molecule has 1 aromatic carbocycles. The van der Waals surface area contributed by atoms with Gasteiger partial charge in [-0.05, 0) is 49.9 Å². The number of halogens is 1. The minimum absolute atomic E-state index is 0.0229. The van der Waals surface area contributed by atoms with Gasteiger partial charge in [0.05, 0.1) is 12.1 Å². The van der Waals surface area contributed by atoms with Gasteiger partial charge in [0.1, 0.15) is 0 Å². The summed E-state index contributed by atoms with van der Waals surface area (Å²) in [5, 5.41) is 7.03. The molecule has 0 aromatic heterocycles. The average molecular weight is 281 g/mol. The molecule has 1 aliphatic heterocycles. The zero-order chi connectivity index (χ0) is 13.8. The van der Waals surface area contributed by atoms with Crippen molar-refractivity contribution in [3.05, 3.63) is 34.9 Å². The molecular formula is C15H21ClN2O. The molecule has 3 unspecified atom stereocenters. The van der Waals surface area contributed by atoms with Gasteiger partial charge in [0.15, 0.2) is 0 Å². The van der Waals surface area contributed by atoms with E-state index in [1.807, 2.05) is 31.2 Å². The maximum absolute atomic E-state index is 12.2. The summed E-state index contributed by atoms with van der Waals surface area (Å²) in [6, 6.07) is 7.53. The van der Waals surface area contributed by atoms with E-state index in [1.165, 1.54) is 0 Å². The normalized spacial score (nSPS) is 24.8. The van der Waals surface area contributed by atoms with Crippen LogP contribution in [0.1, 0.15) is 38.3 Å². The van der Waals surface area contributed by atoms with Crippen molar-refractivity contribution in [2.45, 2.75) is 38.8 Å². The standard InChI is InChI=1S/C15H21ClN2O/c1-10-6-7-17-14(8-10)15(19)18-11(2)12-4-3-5-13(16)9-12/h3-5,9-11,14,17H,6-8H2,1-2H3,(H,18,19). The summed E-state index contributed by atoms with van der Waals surface area (Å²) < 4.78 is 0. The Labute approximate surface area is 119 Å². The van der Waals surface area contributed by atoms with Crippen LogP contribution in [0, 0.1) is 5.92 Å². The van der Waals surface area contributed by atoms with Gasteiger partial charge in [0, 0.05) is 5.02 Å². The number of piperidine rings is 1. The van der Waals surface area contributed by atoms with E-state index in [9.17, 15) is 4.79 Å². The van der Waals surface area contributed by atoms with Gasteiger partial charge < -0.3 is 10.6 Å². The lowest BCUT2D eigenvalue weighted by Crippen LogP contribution is -2.48. The molecule has 2 N–H and O–H groups in total. The van der Waals surface area contributed by atoms with E-state index in [0.29, 0.717) is 10.9 Å². The Kier molecular flexibility index (Phi) is 4.83. The number of carbonyl (C=O) groups is 1. The summed E-state index contributed by atoms with van der Waals surface area (Å²) in [5.74, 6) is 0.692. The van der Waals surface area contributed by atoms with E-state index in [-0.39, 0.29) is 18.0 Å². The van der Waals surface area contributed by atoms with Gasteiger partial charge in [-0.3, -0.25) is 4.79 Å². The third-order valence-electron chi connectivity index (χ3n) is 3.69. The van der Waals surface area contributed by atoms with Crippen molar-refractivity contribution in [1.82, 2.24) is 10.6 Å². The first-order valence-electron chi connectivity index (χ1n) is 6.85. The van der Waals surface area contributed by atoms with E-state index >= 15 is 0 Å². The highest BCUT2D eigenvalue weighted by atomic mass is 35.5. The smallest absolute Gasteiger partial charge is 0.237 e. The van der Waals surface area contributed by atoms with Gasteiger partial charge in [-0.1, -0.05) is 30.7 Å². The van der Waals surface area contributed by atoms with E-state index < -0.39 is 0 Å². The quantitative estimate of drug-likeness (QED) is 0.894. The second-order valence-corrected chi connectivity index (χ2v) is 5.86. The molecule has 2 rings (SSSR count). The third-order valence-corrected chi connectivity index (χ3v) is 3.92. The van der Waals surface area contributed by atoms with Crippen molar-refractivity contribution in [3.8, 4) is 0 Å². The molecule has 0 saturated carbocycles. The second kappa shape index (κ2) is 6.40. The van der Waals surface area contributed by atoms with Crippen molar-refractivity contribution in [1.29, 1.82) is 0 Å². The Morgan fingerprint density at radius 2 is 2.32 bits per heavy atom. The number of hydrogen-bond acceptors (Lipinski definition) is 2. The van der Waals surface area contributed by atoms with Gasteiger partial charge >= 0.3 is 0 Å². The first-order valence-corrected chi connectivity index (χ1v) is 7.23. The van der Waals surface area contributed by atoms with Crippen LogP contribution in [-0.2, 0) is 4.79 Å². The molecule has 4 heteroatoms. The van der Waals surface area contributed by atoms with Crippen molar-refractivity contribution in [2.75, 3.05) is 6.54 Å². The summed E-state index contributed by atoms with van der Waals surface area (Å²) >= 11 is 5.97. The van der Waals surface area contributed by atoms with Crippen LogP contribution in [-0.4, -0.2) is 18.5 Å². The van der Waals surface area contributed by atoms with E-state index in [0.717, 1.165) is 24.9 Å². The molecule has 0 radical (unpaired) electrons. The molecule has 1 aromatic rings. The monoisotopic (exact) mass is 280 g/mol. The van der Waals surface area contributed by atoms with E-state index in [2.05, 4.69) is 17.6 Å². The molecule has 1 fully saturated rings. The number of benzene rings is 1. The Bertz CT molecular complexity index is 450. The number of rotatable bonds is 3. The molecule has 19 heavy (non-hydrogen) atoms. The highest BCUT2D eigenvalue weighted by molar-refractivity contribution is 6.30. The van der Waals surface area contributed by atoms with Crippen LogP contribution < -0.4 is 10.6 Å². The third kappa shape index (κ3) is 3.95. The van der Waals surface area contributed by atoms with Gasteiger partial charge in [-0.15, -0.1) is 0 Å². The van der Waals surface area contributed by atoms with Crippen LogP contribution in [0.3, 0.4) is 0 Å². The van der Waals surface area contributed by atoms with Gasteiger partial charge in [0.2, 0.25) is 5.91 Å². The predicted molar refractivity (Wildman–Crippen MR) is 78.2 cm³/mol. The minimum Gasteiger partial charge on any atom is -0.348 e. The highest BCUT2D eigenvalue weighted by Crippen LogP contribution is 2.19. The second-order valence-electron chi connectivity index (χ2n) is 5.42. The fourth-order valence-corrected chi connectivity index (χ4v) is 2.68. The van der Waals surface area contributed by atoms with Crippen LogP contribution >= 0.6 is 11.6 Å². The number of carbonyl (C=O) groups excluding carboxylic acids is 1. The predicted octanol–water partition coefficient (Wildman–Crippen LogP) is 2.91. The zero-order valence-electron chi connectivity index (χ0n) is 11.4. The van der Waals surface area contributed by atoms with Crippen LogP contribution in [0.5, 0.6) is 0 Å². The lowest BCUT2D eigenvalue weighted by molar-refractivity contribution is -0.124. The average Bonchev–Trinajstić information content (AvgIpc) is 2.38. The SMILES string of the molecule is CC1CCNC(C(=O)NC(C)c2cccc(Cl)c2)C1. The summed E-state index contributed by atoms with van der Waals surface area (Å²) in [5.41, 5.74) is 1.03. The molecule has 1 aliphatic rings. The van der Waals surface area contributed by atoms with Gasteiger partial charge in [0.25, 0.3) is 0 Å². The van der Waals surface area contributed by atoms with Crippen molar-refractivity contribution < 1.29 is 4.79 Å². The maximum atomic E-state index is 12.2. The Morgan fingerprint density at radius 1 is 1.53 bits per heavy atom. The first kappa shape index (κ1) is 14.4. The van der Waals surface area contributed by atoms with Gasteiger partial charge in [-0.2, -0.15) is 0 Å². The number of nitrogens with one attached hydrogen (secondary N) is 2. The minimum atomic E-state index is -0.0645. The lowest BCUT2D eigenvalue weighted by Gasteiger charge is -2.28. The number of amides is 1. The van der Waals surface area contributed by atoms with Crippen LogP contribution in [0.25, 0.3) is 0 Å². The fourth-order valence-electron chi connectivity index (χ4n) is 2.48. The summed E-state index contributed by atoms with van der Waals surface area (Å²) in [6.45, 7) is 5.10. The van der Waals surface area contributed by atoms with Crippen LogP contribution in [0.15, 0.2) is 24.3 Å². The zero-order valence-corrected chi connectivity index (χ0v) is 12.2. The Balaban J connectivity index is 1.94. The Hall–Kier alpha value is -1.06. The largest absolute Gasteiger partial charge is 0.348 e. The molecule has 1 amide bonds. The lowest BCUT2D eigenvalue weighted by atomic mass is 9.93. The molecule has 0 spiro atoms. The Morgan fingerprint density at radius 3 is 3.00 bits per heavy atom. The van der Waals surface area contributed by atoms with Crippen molar-refractivity contribution >= 4 is 17.5 Å². The summed E-state index contributed by atoms with van der Waals surface area (Å²) in [6.07, 6.45) is 2.06. The van der Waals surface area contributed by atoms with Crippen molar-refractivity contribution in [2.24, 2.45) is 5.92 Å². The van der Waals surface area contributed by atoms with Crippen LogP contribution in [0.4, 0.5) is 0 Å². The van der Waals surface area contributed by atoms with E-state index in [1.54, 1.807) is 0 Å². The molecule has 0 bridgehead atoms. The van der Waals surface area contributed by atoms with Crippen LogP contribution in [0.2, 0.25) is 5.02 Å². The molecule has 1 heterocycles. The summed E-state index contributed by atoms with van der Waals surface area (Å²) in [4.78, 5) is 12.2. The first-order chi connectivity index (χ1) is 9.06. The molecular weight excluding hydrogens is 260 g/mol. The fraction of sp³-hybridized carbons (Fsp3) is 0.533. The number of hydrogen-bond donors (Lipinski definition) is 2. The molecule has 3 nitrogen and oxygen atoms in total. The van der Waals surface area contributed by atoms with E-state index in [4.69, 9.17) is 11.6 Å². The molecule has 3 atom stereocenters. The maximum Gasteiger partial charge on any atom is 0.237 e. The van der Waals surface area contributed by atoms with Crippen molar-refractivity contribution in [3.63, 3.8) is 0 Å². The summed E-state index contributed by atoms with van der Waals surface area (Å²) in [7, 11) is 0. The molecule has 1 saturated heterocycles. The molecule has 104 valence electrons.